The Morgan fingerprint density at radius 3 is 2.62 bits per heavy atom. The average Bonchev–Trinajstić information content (AvgIpc) is 2.49. The van der Waals surface area contributed by atoms with Crippen LogP contribution in [0.15, 0.2) is 24.3 Å². The highest BCUT2D eigenvalue weighted by Gasteiger charge is 2.25. The Hall–Kier alpha value is -0.930. The summed E-state index contributed by atoms with van der Waals surface area (Å²) in [6.45, 7) is 5.38. The molecule has 1 saturated carbocycles. The van der Waals surface area contributed by atoms with Crippen LogP contribution in [0.4, 0.5) is 4.39 Å². The molecule has 1 N–H and O–H groups in total. The number of hydrogen-bond acceptors (Lipinski definition) is 2. The number of halogens is 1. The molecule has 1 aliphatic rings. The van der Waals surface area contributed by atoms with Gasteiger partial charge in [0.1, 0.15) is 5.82 Å². The predicted molar refractivity (Wildman–Crippen MR) is 86.8 cm³/mol. The largest absolute Gasteiger partial charge is 0.314 e. The fraction of sp³-hybridized carbons (Fsp3) is 0.667. The lowest BCUT2D eigenvalue weighted by Crippen LogP contribution is -2.43. The Kier molecular flexibility index (Phi) is 6.65. The predicted octanol–water partition coefficient (Wildman–Crippen LogP) is 3.82. The first kappa shape index (κ1) is 16.4. The summed E-state index contributed by atoms with van der Waals surface area (Å²) in [7, 11) is 2.18. The molecule has 118 valence electrons. The summed E-state index contributed by atoms with van der Waals surface area (Å²) in [5, 5.41) is 3.72. The number of benzene rings is 1. The third-order valence-corrected chi connectivity index (χ3v) is 4.48. The van der Waals surface area contributed by atoms with E-state index >= 15 is 0 Å². The molecule has 1 aromatic rings. The van der Waals surface area contributed by atoms with Crippen LogP contribution in [0.5, 0.6) is 0 Å². The van der Waals surface area contributed by atoms with Crippen LogP contribution >= 0.6 is 0 Å². The third kappa shape index (κ3) is 5.40. The Morgan fingerprint density at radius 1 is 1.19 bits per heavy atom. The second-order valence-electron chi connectivity index (χ2n) is 6.43. The zero-order chi connectivity index (χ0) is 15.1. The Labute approximate surface area is 128 Å². The molecule has 2 atom stereocenters. The van der Waals surface area contributed by atoms with Crippen molar-refractivity contribution >= 4 is 0 Å². The minimum atomic E-state index is -0.155. The van der Waals surface area contributed by atoms with Crippen LogP contribution in [0.2, 0.25) is 0 Å². The number of nitrogens with one attached hydrogen (secondary N) is 1. The molecule has 21 heavy (non-hydrogen) atoms. The van der Waals surface area contributed by atoms with E-state index in [0.29, 0.717) is 6.04 Å². The highest BCUT2D eigenvalue weighted by molar-refractivity contribution is 5.15. The van der Waals surface area contributed by atoms with E-state index in [9.17, 15) is 4.39 Å². The molecule has 0 aliphatic heterocycles. The van der Waals surface area contributed by atoms with Gasteiger partial charge in [-0.2, -0.15) is 0 Å². The molecule has 0 saturated heterocycles. The molecule has 2 rings (SSSR count). The first-order chi connectivity index (χ1) is 10.2. The molecular weight excluding hydrogens is 263 g/mol. The first-order valence-corrected chi connectivity index (χ1v) is 8.35. The van der Waals surface area contributed by atoms with Crippen molar-refractivity contribution in [1.29, 1.82) is 0 Å². The molecule has 0 radical (unpaired) electrons. The van der Waals surface area contributed by atoms with Crippen molar-refractivity contribution in [2.24, 2.45) is 5.92 Å². The third-order valence-electron chi connectivity index (χ3n) is 4.48. The van der Waals surface area contributed by atoms with Gasteiger partial charge in [0, 0.05) is 19.1 Å². The highest BCUT2D eigenvalue weighted by atomic mass is 19.1. The summed E-state index contributed by atoms with van der Waals surface area (Å²) in [6.07, 6.45) is 6.57. The van der Waals surface area contributed by atoms with Gasteiger partial charge in [-0.25, -0.2) is 4.39 Å². The molecule has 1 aliphatic carbocycles. The lowest BCUT2D eigenvalue weighted by molar-refractivity contribution is 0.185. The van der Waals surface area contributed by atoms with E-state index in [2.05, 4.69) is 24.2 Å². The van der Waals surface area contributed by atoms with Crippen LogP contribution in [0.25, 0.3) is 0 Å². The van der Waals surface area contributed by atoms with Crippen LogP contribution < -0.4 is 5.32 Å². The second kappa shape index (κ2) is 8.50. The van der Waals surface area contributed by atoms with E-state index in [0.717, 1.165) is 25.6 Å². The Balaban J connectivity index is 1.84. The van der Waals surface area contributed by atoms with Gasteiger partial charge in [-0.3, -0.25) is 0 Å². The smallest absolute Gasteiger partial charge is 0.123 e. The van der Waals surface area contributed by atoms with Gasteiger partial charge in [-0.1, -0.05) is 31.9 Å². The molecule has 0 heterocycles. The monoisotopic (exact) mass is 292 g/mol. The summed E-state index contributed by atoms with van der Waals surface area (Å²) in [5.41, 5.74) is 1.19. The van der Waals surface area contributed by atoms with E-state index in [1.54, 1.807) is 12.1 Å². The van der Waals surface area contributed by atoms with Gasteiger partial charge in [0.15, 0.2) is 0 Å². The van der Waals surface area contributed by atoms with Crippen molar-refractivity contribution in [3.63, 3.8) is 0 Å². The van der Waals surface area contributed by atoms with Crippen molar-refractivity contribution in [2.45, 2.75) is 51.6 Å². The minimum Gasteiger partial charge on any atom is -0.314 e. The van der Waals surface area contributed by atoms with Crippen molar-refractivity contribution in [3.05, 3.63) is 35.6 Å². The number of nitrogens with zero attached hydrogens (tertiary/aromatic N) is 1. The van der Waals surface area contributed by atoms with Crippen molar-refractivity contribution in [3.8, 4) is 0 Å². The lowest BCUT2D eigenvalue weighted by atomic mass is 9.84. The van der Waals surface area contributed by atoms with Crippen LogP contribution in [0.1, 0.15) is 44.6 Å². The second-order valence-corrected chi connectivity index (χ2v) is 6.43. The molecule has 2 unspecified atom stereocenters. The topological polar surface area (TPSA) is 15.3 Å². The maximum atomic E-state index is 12.9. The maximum absolute atomic E-state index is 12.9. The van der Waals surface area contributed by atoms with Gasteiger partial charge in [0.2, 0.25) is 0 Å². The Morgan fingerprint density at radius 2 is 1.90 bits per heavy atom. The normalized spacial score (nSPS) is 22.7. The minimum absolute atomic E-state index is 0.155. The molecule has 0 amide bonds. The number of rotatable bonds is 7. The maximum Gasteiger partial charge on any atom is 0.123 e. The molecular formula is C18H29FN2. The summed E-state index contributed by atoms with van der Waals surface area (Å²) in [4.78, 5) is 2.38. The molecule has 2 nitrogen and oxygen atoms in total. The first-order valence-electron chi connectivity index (χ1n) is 8.35. The summed E-state index contributed by atoms with van der Waals surface area (Å²) >= 11 is 0. The zero-order valence-corrected chi connectivity index (χ0v) is 13.4. The van der Waals surface area contributed by atoms with Gasteiger partial charge < -0.3 is 10.2 Å². The van der Waals surface area contributed by atoms with E-state index in [4.69, 9.17) is 0 Å². The molecule has 0 bridgehead atoms. The molecule has 0 spiro atoms. The Bertz CT molecular complexity index is 404. The van der Waals surface area contributed by atoms with E-state index in [1.165, 1.54) is 37.7 Å². The van der Waals surface area contributed by atoms with Gasteiger partial charge >= 0.3 is 0 Å². The van der Waals surface area contributed by atoms with E-state index < -0.39 is 0 Å². The summed E-state index contributed by atoms with van der Waals surface area (Å²) < 4.78 is 12.9. The summed E-state index contributed by atoms with van der Waals surface area (Å²) in [6, 6.07) is 7.55. The van der Waals surface area contributed by atoms with Crippen molar-refractivity contribution in [1.82, 2.24) is 10.2 Å². The fourth-order valence-electron chi connectivity index (χ4n) is 3.39. The fourth-order valence-corrected chi connectivity index (χ4v) is 3.39. The molecule has 3 heteroatoms. The lowest BCUT2D eigenvalue weighted by Gasteiger charge is -2.35. The van der Waals surface area contributed by atoms with Gasteiger partial charge in [0.25, 0.3) is 0 Å². The standard InChI is InChI=1S/C18H29FN2/c1-3-12-20-18-7-5-4-6-16(18)14-21(2)13-15-8-10-17(19)11-9-15/h8-11,16,18,20H,3-7,12-14H2,1-2H3. The average molecular weight is 292 g/mol. The van der Waals surface area contributed by atoms with Gasteiger partial charge in [-0.15, -0.1) is 0 Å². The van der Waals surface area contributed by atoms with Crippen molar-refractivity contribution < 1.29 is 4.39 Å². The quantitative estimate of drug-likeness (QED) is 0.822. The van der Waals surface area contributed by atoms with E-state index in [1.807, 2.05) is 12.1 Å². The van der Waals surface area contributed by atoms with Crippen LogP contribution in [0, 0.1) is 11.7 Å². The van der Waals surface area contributed by atoms with Gasteiger partial charge in [0.05, 0.1) is 0 Å². The van der Waals surface area contributed by atoms with Crippen molar-refractivity contribution in [2.75, 3.05) is 20.1 Å². The number of hydrogen-bond donors (Lipinski definition) is 1. The van der Waals surface area contributed by atoms with Crippen LogP contribution in [-0.2, 0) is 6.54 Å². The zero-order valence-electron chi connectivity index (χ0n) is 13.4. The van der Waals surface area contributed by atoms with E-state index in [-0.39, 0.29) is 5.82 Å². The SMILES string of the molecule is CCCNC1CCCCC1CN(C)Cc1ccc(F)cc1. The van der Waals surface area contributed by atoms with Crippen LogP contribution in [-0.4, -0.2) is 31.1 Å². The highest BCUT2D eigenvalue weighted by Crippen LogP contribution is 2.25. The molecule has 1 fully saturated rings. The molecule has 1 aromatic carbocycles. The van der Waals surface area contributed by atoms with Crippen LogP contribution in [0.3, 0.4) is 0 Å². The molecule has 0 aromatic heterocycles. The summed E-state index contributed by atoms with van der Waals surface area (Å²) in [5.74, 6) is 0.591. The van der Waals surface area contributed by atoms with Gasteiger partial charge in [-0.05, 0) is 56.5 Å².